The zero-order chi connectivity index (χ0) is 10.8. The fraction of sp³-hybridized carbons (Fsp3) is 0. The van der Waals surface area contributed by atoms with Crippen molar-refractivity contribution in [1.29, 1.82) is 0 Å². The van der Waals surface area contributed by atoms with E-state index in [-0.39, 0.29) is 35.2 Å². The fourth-order valence-electron chi connectivity index (χ4n) is 0. The molecule has 0 spiro atoms. The van der Waals surface area contributed by atoms with Crippen LogP contribution in [-0.2, 0) is 16.8 Å². The molecule has 0 saturated carbocycles. The first kappa shape index (κ1) is 65.8. The van der Waals surface area contributed by atoms with Crippen LogP contribution in [0.5, 0.6) is 0 Å². The van der Waals surface area contributed by atoms with Crippen molar-refractivity contribution in [1.82, 2.24) is 6.15 Å². The number of nitrogens with two attached hydrogens (primary N) is 2. The maximum atomic E-state index is 8.00. The van der Waals surface area contributed by atoms with E-state index in [1.54, 1.807) is 0 Å². The third-order valence-electron chi connectivity index (χ3n) is 0. The second-order valence-corrected chi connectivity index (χ2v) is 0.298. The minimum atomic E-state index is 0. The number of nitrogens with zero attached hydrogens (tertiary/aromatic N) is 4. The molecule has 0 unspecified atom stereocenters. The average Bonchev–Trinajstić information content (AvgIpc) is 1.92. The van der Waals surface area contributed by atoms with Crippen molar-refractivity contribution in [3.05, 3.63) is 52.8 Å². The van der Waals surface area contributed by atoms with E-state index in [9.17, 15) is 0 Å². The Labute approximate surface area is 97.9 Å². The first-order valence-corrected chi connectivity index (χ1v) is 1.46. The summed E-state index contributed by atoms with van der Waals surface area (Å²) in [4.78, 5) is 32.0. The average molecular weight is 293 g/mol. The number of hydrogen-bond acceptors (Lipinski definition) is 12. The van der Waals surface area contributed by atoms with E-state index in [0.29, 0.717) is 0 Å². The molecule has 0 rings (SSSR count). The van der Waals surface area contributed by atoms with E-state index in [1.807, 2.05) is 0 Å². The molecule has 0 aromatic rings. The summed E-state index contributed by atoms with van der Waals surface area (Å²) in [5.41, 5.74) is 0. The molecule has 0 heterocycles. The summed E-state index contributed by atoms with van der Waals surface area (Å²) < 4.78 is 0. The third-order valence-corrected chi connectivity index (χ3v) is 0. The minimum absolute atomic E-state index is 0. The Bertz CT molecular complexity index is 74.4. The molecule has 8 N–H and O–H groups in total. The largest absolute Gasteiger partial charge is 3.00 e. The van der Waals surface area contributed by atoms with Crippen LogP contribution in [0, 0.1) is 40.5 Å². The van der Waals surface area contributed by atoms with Crippen molar-refractivity contribution in [3.63, 3.8) is 0 Å². The molecule has 0 aliphatic rings. The van der Waals surface area contributed by atoms with Gasteiger partial charge in [-0.05, 0) is 0 Å². The molecule has 102 valence electrons. The van der Waals surface area contributed by atoms with Gasteiger partial charge in [0, 0.05) is 0 Å². The van der Waals surface area contributed by atoms with Gasteiger partial charge < -0.3 is 58.9 Å². The zero-order valence-corrected chi connectivity index (χ0v) is 8.58. The summed E-state index contributed by atoms with van der Waals surface area (Å²) in [5, 5.41) is 36.0. The van der Waals surface area contributed by atoms with Crippen LogP contribution in [-0.4, -0.2) is 0 Å². The Morgan fingerprint density at radius 3 is 0.562 bits per heavy atom. The van der Waals surface area contributed by atoms with Gasteiger partial charge in [-0.1, -0.05) is 0 Å². The van der Waals surface area contributed by atoms with E-state index in [4.69, 9.17) is 40.5 Å². The van der Waals surface area contributed by atoms with Crippen molar-refractivity contribution in [2.24, 2.45) is 21.4 Å². The molecular weight excluding hydrogens is 285 g/mol. The van der Waals surface area contributed by atoms with Crippen molar-refractivity contribution in [3.8, 4) is 0 Å². The summed E-state index contributed by atoms with van der Waals surface area (Å²) in [6.07, 6.45) is 0. The van der Waals surface area contributed by atoms with Gasteiger partial charge in [0.25, 0.3) is 0 Å². The summed E-state index contributed by atoms with van der Waals surface area (Å²) in [6.45, 7) is 0. The van der Waals surface area contributed by atoms with Gasteiger partial charge in [-0.25, -0.2) is 0 Å². The summed E-state index contributed by atoms with van der Waals surface area (Å²) in [5.74, 6) is 0. The molecule has 0 atom stereocenters. The van der Waals surface area contributed by atoms with Crippen LogP contribution in [0.25, 0.3) is 12.3 Å². The fourth-order valence-corrected chi connectivity index (χ4v) is 0. The molecule has 0 aliphatic carbocycles. The summed E-state index contributed by atoms with van der Waals surface area (Å²) in [7, 11) is 0. The molecule has 16 heteroatoms. The predicted octanol–water partition coefficient (Wildman–Crippen LogP) is 2.81. The molecule has 0 amide bonds. The van der Waals surface area contributed by atoms with E-state index in [0.717, 1.165) is 21.4 Å². The van der Waals surface area contributed by atoms with E-state index in [2.05, 4.69) is 0 Å². The Hall–Kier alpha value is -2.01. The summed E-state index contributed by atoms with van der Waals surface area (Å²) >= 11 is 0. The monoisotopic (exact) mass is 293 g/mol. The predicted molar refractivity (Wildman–Crippen MR) is 53.2 cm³/mol. The molecule has 0 aliphatic heterocycles. The van der Waals surface area contributed by atoms with Crippen molar-refractivity contribution in [2.75, 3.05) is 0 Å². The molecule has 0 aromatic carbocycles. The van der Waals surface area contributed by atoms with Crippen LogP contribution >= 0.6 is 0 Å². The van der Waals surface area contributed by atoms with Crippen molar-refractivity contribution < 1.29 is 16.8 Å². The molecule has 0 bridgehead atoms. The van der Waals surface area contributed by atoms with Gasteiger partial charge in [-0.15, -0.1) is 21.4 Å². The second kappa shape index (κ2) is 473. The standard InChI is InChI=1S/Co.4HNO2.H3N.2H2N/c;4*2-1-3;;;/h;4*(H,2,3);1H3;2*1H2/q+3;;;;;;2*-1/p-3. The SMILES string of the molecule is O=N[O-].O=N[O-].O=N[O-].O=N[O-].[Co+3].[NH2-].[NH2-].[NH4+]. The molecule has 0 radical (unpaired) electrons. The molecular formula is H8CoN7O8-2. The Morgan fingerprint density at radius 2 is 0.562 bits per heavy atom. The van der Waals surface area contributed by atoms with Crippen LogP contribution in [0.4, 0.5) is 0 Å². The van der Waals surface area contributed by atoms with Gasteiger partial charge >= 0.3 is 16.8 Å². The van der Waals surface area contributed by atoms with E-state index >= 15 is 0 Å². The van der Waals surface area contributed by atoms with Gasteiger partial charge in [0.1, 0.15) is 0 Å². The Morgan fingerprint density at radius 1 is 0.562 bits per heavy atom. The maximum Gasteiger partial charge on any atom is 3.00 e. The van der Waals surface area contributed by atoms with Crippen LogP contribution in [0.15, 0.2) is 21.4 Å². The first-order chi connectivity index (χ1) is 5.66. The molecule has 16 heavy (non-hydrogen) atoms. The Balaban J connectivity index is -0.00000000821. The smallest absolute Gasteiger partial charge is 0.693 e. The Kier molecular flexibility index (Phi) is 1950. The van der Waals surface area contributed by atoms with Gasteiger partial charge in [0.15, 0.2) is 0 Å². The molecule has 0 aromatic heterocycles. The third kappa shape index (κ3) is 357. The van der Waals surface area contributed by atoms with Gasteiger partial charge in [0.05, 0.1) is 0 Å². The molecule has 0 saturated heterocycles. The normalized spacial score (nSPS) is 3.00. The van der Waals surface area contributed by atoms with Crippen molar-refractivity contribution in [2.45, 2.75) is 0 Å². The van der Waals surface area contributed by atoms with Crippen molar-refractivity contribution >= 4 is 0 Å². The quantitative estimate of drug-likeness (QED) is 0.508. The first-order valence-electron chi connectivity index (χ1n) is 1.46. The van der Waals surface area contributed by atoms with Crippen LogP contribution in [0.2, 0.25) is 0 Å². The number of quaternary nitrogens is 1. The minimum Gasteiger partial charge on any atom is -0.693 e. The second-order valence-electron chi connectivity index (χ2n) is 0.298. The van der Waals surface area contributed by atoms with Crippen LogP contribution < -0.4 is 6.15 Å². The number of hydrogen-bond donors (Lipinski definition) is 1. The van der Waals surface area contributed by atoms with E-state index < -0.39 is 0 Å². The van der Waals surface area contributed by atoms with Gasteiger partial charge in [-0.3, -0.25) is 0 Å². The maximum absolute atomic E-state index is 8.00. The molecule has 15 nitrogen and oxygen atoms in total. The van der Waals surface area contributed by atoms with Crippen LogP contribution in [0.3, 0.4) is 0 Å². The van der Waals surface area contributed by atoms with E-state index in [1.165, 1.54) is 0 Å². The van der Waals surface area contributed by atoms with Gasteiger partial charge in [0.2, 0.25) is 0 Å². The number of rotatable bonds is 0. The summed E-state index contributed by atoms with van der Waals surface area (Å²) in [6, 6.07) is 0. The zero-order valence-electron chi connectivity index (χ0n) is 7.54. The van der Waals surface area contributed by atoms with Gasteiger partial charge in [-0.2, -0.15) is 0 Å². The molecule has 0 fully saturated rings. The van der Waals surface area contributed by atoms with Crippen LogP contribution in [0.1, 0.15) is 0 Å². The topological polar surface area (TPSA) is 313 Å².